The SMILES string of the molecule is CC(O)C(NC(=O)c1cc2ccccc2o1)C(=O)O. The van der Waals surface area contributed by atoms with Crippen molar-refractivity contribution < 1.29 is 24.2 Å². The van der Waals surface area contributed by atoms with E-state index >= 15 is 0 Å². The summed E-state index contributed by atoms with van der Waals surface area (Å²) in [6, 6.07) is 7.19. The Morgan fingerprint density at radius 1 is 1.32 bits per heavy atom. The minimum Gasteiger partial charge on any atom is -0.480 e. The molecule has 1 aromatic heterocycles. The fourth-order valence-corrected chi connectivity index (χ4v) is 1.69. The van der Waals surface area contributed by atoms with E-state index in [0.717, 1.165) is 5.39 Å². The van der Waals surface area contributed by atoms with Gasteiger partial charge in [-0.3, -0.25) is 4.79 Å². The zero-order valence-corrected chi connectivity index (χ0v) is 10.2. The quantitative estimate of drug-likeness (QED) is 0.764. The number of amides is 1. The predicted octanol–water partition coefficient (Wildman–Crippen LogP) is 0.997. The molecule has 0 spiro atoms. The second-order valence-corrected chi connectivity index (χ2v) is 4.18. The minimum absolute atomic E-state index is 0.00750. The van der Waals surface area contributed by atoms with Gasteiger partial charge in [0, 0.05) is 5.39 Å². The maximum Gasteiger partial charge on any atom is 0.328 e. The minimum atomic E-state index is -1.37. The third-order valence-electron chi connectivity index (χ3n) is 2.68. The average molecular weight is 263 g/mol. The van der Waals surface area contributed by atoms with Gasteiger partial charge in [0.15, 0.2) is 11.8 Å². The number of carboxylic acids is 1. The summed E-state index contributed by atoms with van der Waals surface area (Å²) in [5.74, 6) is -1.97. The summed E-state index contributed by atoms with van der Waals surface area (Å²) in [5, 5.41) is 21.1. The van der Waals surface area contributed by atoms with Gasteiger partial charge in [-0.2, -0.15) is 0 Å². The molecule has 6 nitrogen and oxygen atoms in total. The summed E-state index contributed by atoms with van der Waals surface area (Å²) in [7, 11) is 0. The number of carboxylic acid groups (broad SMARTS) is 1. The van der Waals surface area contributed by atoms with E-state index in [-0.39, 0.29) is 5.76 Å². The molecule has 0 aliphatic rings. The van der Waals surface area contributed by atoms with Crippen LogP contribution in [0.15, 0.2) is 34.7 Å². The van der Waals surface area contributed by atoms with E-state index in [1.807, 2.05) is 0 Å². The summed E-state index contributed by atoms with van der Waals surface area (Å²) >= 11 is 0. The molecule has 6 heteroatoms. The lowest BCUT2D eigenvalue weighted by atomic mass is 10.2. The molecule has 1 amide bonds. The summed E-state index contributed by atoms with van der Waals surface area (Å²) in [6.45, 7) is 1.29. The number of nitrogens with one attached hydrogen (secondary N) is 1. The molecular weight excluding hydrogens is 250 g/mol. The number of fused-ring (bicyclic) bond motifs is 1. The zero-order chi connectivity index (χ0) is 14.0. The van der Waals surface area contributed by atoms with Gasteiger partial charge in [-0.05, 0) is 19.1 Å². The Hall–Kier alpha value is -2.34. The highest BCUT2D eigenvalue weighted by Crippen LogP contribution is 2.18. The van der Waals surface area contributed by atoms with Gasteiger partial charge >= 0.3 is 5.97 Å². The molecule has 1 heterocycles. The Bertz CT molecular complexity index is 583. The number of aliphatic carboxylic acids is 1. The number of aliphatic hydroxyl groups is 1. The number of para-hydroxylation sites is 1. The molecule has 19 heavy (non-hydrogen) atoms. The van der Waals surface area contributed by atoms with Gasteiger partial charge in [-0.1, -0.05) is 18.2 Å². The number of benzene rings is 1. The van der Waals surface area contributed by atoms with Crippen LogP contribution in [-0.2, 0) is 4.79 Å². The lowest BCUT2D eigenvalue weighted by molar-refractivity contribution is -0.141. The van der Waals surface area contributed by atoms with Crippen molar-refractivity contribution >= 4 is 22.8 Å². The van der Waals surface area contributed by atoms with Crippen molar-refractivity contribution in [1.29, 1.82) is 0 Å². The fraction of sp³-hybridized carbons (Fsp3) is 0.231. The van der Waals surface area contributed by atoms with Crippen molar-refractivity contribution in [2.45, 2.75) is 19.1 Å². The Balaban J connectivity index is 2.21. The van der Waals surface area contributed by atoms with Crippen LogP contribution in [0, 0.1) is 0 Å². The highest BCUT2D eigenvalue weighted by molar-refractivity contribution is 5.98. The molecule has 100 valence electrons. The van der Waals surface area contributed by atoms with E-state index in [4.69, 9.17) is 9.52 Å². The van der Waals surface area contributed by atoms with Crippen LogP contribution >= 0.6 is 0 Å². The molecule has 0 bridgehead atoms. The monoisotopic (exact) mass is 263 g/mol. The smallest absolute Gasteiger partial charge is 0.328 e. The first-order valence-electron chi connectivity index (χ1n) is 5.69. The van der Waals surface area contributed by atoms with Gasteiger partial charge in [-0.15, -0.1) is 0 Å². The van der Waals surface area contributed by atoms with Crippen molar-refractivity contribution in [1.82, 2.24) is 5.32 Å². The van der Waals surface area contributed by atoms with E-state index in [1.54, 1.807) is 24.3 Å². The second-order valence-electron chi connectivity index (χ2n) is 4.18. The van der Waals surface area contributed by atoms with Crippen molar-refractivity contribution in [2.24, 2.45) is 0 Å². The van der Waals surface area contributed by atoms with Gasteiger partial charge in [0.2, 0.25) is 0 Å². The normalized spacial score (nSPS) is 14.0. The van der Waals surface area contributed by atoms with E-state index < -0.39 is 24.0 Å². The van der Waals surface area contributed by atoms with E-state index in [9.17, 15) is 14.7 Å². The number of hydrogen-bond acceptors (Lipinski definition) is 4. The number of furan rings is 1. The molecule has 0 radical (unpaired) electrons. The second kappa shape index (κ2) is 5.11. The van der Waals surface area contributed by atoms with Crippen LogP contribution in [0.5, 0.6) is 0 Å². The lowest BCUT2D eigenvalue weighted by Gasteiger charge is -2.15. The van der Waals surface area contributed by atoms with E-state index in [0.29, 0.717) is 5.58 Å². The topological polar surface area (TPSA) is 99.8 Å². The number of rotatable bonds is 4. The van der Waals surface area contributed by atoms with Crippen LogP contribution in [0.1, 0.15) is 17.5 Å². The Kier molecular flexibility index (Phi) is 3.52. The van der Waals surface area contributed by atoms with Gasteiger partial charge in [0.25, 0.3) is 5.91 Å². The third-order valence-corrected chi connectivity index (χ3v) is 2.68. The zero-order valence-electron chi connectivity index (χ0n) is 10.2. The summed E-state index contributed by atoms with van der Waals surface area (Å²) in [6.07, 6.45) is -1.20. The van der Waals surface area contributed by atoms with Gasteiger partial charge in [0.05, 0.1) is 6.10 Å². The maximum absolute atomic E-state index is 11.9. The van der Waals surface area contributed by atoms with E-state index in [1.165, 1.54) is 13.0 Å². The third kappa shape index (κ3) is 2.74. The highest BCUT2D eigenvalue weighted by atomic mass is 16.4. The van der Waals surface area contributed by atoms with Gasteiger partial charge < -0.3 is 19.9 Å². The summed E-state index contributed by atoms with van der Waals surface area (Å²) in [5.41, 5.74) is 0.538. The first-order valence-corrected chi connectivity index (χ1v) is 5.69. The summed E-state index contributed by atoms with van der Waals surface area (Å²) < 4.78 is 5.30. The molecule has 2 atom stereocenters. The van der Waals surface area contributed by atoms with Crippen LogP contribution in [0.25, 0.3) is 11.0 Å². The van der Waals surface area contributed by atoms with Crippen molar-refractivity contribution in [3.63, 3.8) is 0 Å². The molecule has 3 N–H and O–H groups in total. The highest BCUT2D eigenvalue weighted by Gasteiger charge is 2.26. The predicted molar refractivity (Wildman–Crippen MR) is 66.8 cm³/mol. The first-order chi connectivity index (χ1) is 8.99. The van der Waals surface area contributed by atoms with Gasteiger partial charge in [-0.25, -0.2) is 4.79 Å². The van der Waals surface area contributed by atoms with Crippen molar-refractivity contribution in [3.8, 4) is 0 Å². The van der Waals surface area contributed by atoms with Crippen LogP contribution in [-0.4, -0.2) is 34.2 Å². The van der Waals surface area contributed by atoms with Crippen LogP contribution in [0.3, 0.4) is 0 Å². The van der Waals surface area contributed by atoms with Gasteiger partial charge in [0.1, 0.15) is 5.58 Å². The number of carbonyl (C=O) groups is 2. The number of carbonyl (C=O) groups excluding carboxylic acids is 1. The van der Waals surface area contributed by atoms with Crippen LogP contribution in [0.2, 0.25) is 0 Å². The molecule has 2 unspecified atom stereocenters. The van der Waals surface area contributed by atoms with E-state index in [2.05, 4.69) is 5.32 Å². The first kappa shape index (κ1) is 13.1. The average Bonchev–Trinajstić information content (AvgIpc) is 2.78. The van der Waals surface area contributed by atoms with Crippen LogP contribution in [0.4, 0.5) is 0 Å². The molecule has 1 aromatic carbocycles. The lowest BCUT2D eigenvalue weighted by Crippen LogP contribution is -2.47. The number of hydrogen-bond donors (Lipinski definition) is 3. The molecule has 0 saturated heterocycles. The van der Waals surface area contributed by atoms with Crippen molar-refractivity contribution in [2.75, 3.05) is 0 Å². The largest absolute Gasteiger partial charge is 0.480 e. The maximum atomic E-state index is 11.9. The Morgan fingerprint density at radius 3 is 2.58 bits per heavy atom. The standard InChI is InChI=1S/C13H13NO5/c1-7(15)11(13(17)18)14-12(16)10-6-8-4-2-3-5-9(8)19-10/h2-7,11,15H,1H3,(H,14,16)(H,17,18). The molecule has 2 aromatic rings. The number of aliphatic hydroxyl groups excluding tert-OH is 1. The molecule has 0 saturated carbocycles. The van der Waals surface area contributed by atoms with Crippen LogP contribution < -0.4 is 5.32 Å². The Labute approximate surface area is 108 Å². The molecule has 2 rings (SSSR count). The molecule has 0 aliphatic heterocycles. The fourth-order valence-electron chi connectivity index (χ4n) is 1.69. The molecule has 0 aliphatic carbocycles. The van der Waals surface area contributed by atoms with Crippen molar-refractivity contribution in [3.05, 3.63) is 36.1 Å². The molecular formula is C13H13NO5. The molecule has 0 fully saturated rings. The summed E-state index contributed by atoms with van der Waals surface area (Å²) in [4.78, 5) is 22.7. The Morgan fingerprint density at radius 2 is 2.00 bits per heavy atom.